The summed E-state index contributed by atoms with van der Waals surface area (Å²) in [6, 6.07) is 0.149. The first-order valence-corrected chi connectivity index (χ1v) is 4.85. The summed E-state index contributed by atoms with van der Waals surface area (Å²) >= 11 is 4.78. The number of rotatable bonds is 4. The monoisotopic (exact) mass is 202 g/mol. The van der Waals surface area contributed by atoms with Crippen LogP contribution in [0.15, 0.2) is 0 Å². The fraction of sp³-hybridized carbons (Fsp3) is 0.778. The summed E-state index contributed by atoms with van der Waals surface area (Å²) in [7, 11) is 0. The van der Waals surface area contributed by atoms with Gasteiger partial charge in [0.2, 0.25) is 5.91 Å². The van der Waals surface area contributed by atoms with E-state index in [4.69, 9.17) is 18.0 Å². The molecular formula is C9H18N2OS. The molecule has 0 radical (unpaired) electrons. The molecule has 4 heteroatoms. The minimum absolute atomic E-state index is 0.00301. The predicted octanol–water partition coefficient (Wildman–Crippen LogP) is 1.17. The Hall–Kier alpha value is -0.640. The summed E-state index contributed by atoms with van der Waals surface area (Å²) in [4.78, 5) is 13.7. The first kappa shape index (κ1) is 12.4. The van der Waals surface area contributed by atoms with Gasteiger partial charge < -0.3 is 10.6 Å². The third-order valence-corrected chi connectivity index (χ3v) is 1.86. The predicted molar refractivity (Wildman–Crippen MR) is 58.5 cm³/mol. The lowest BCUT2D eigenvalue weighted by Gasteiger charge is -2.27. The van der Waals surface area contributed by atoms with E-state index in [1.54, 1.807) is 4.90 Å². The van der Waals surface area contributed by atoms with Crippen molar-refractivity contribution in [2.75, 3.05) is 6.54 Å². The van der Waals surface area contributed by atoms with Gasteiger partial charge in [0, 0.05) is 12.0 Å². The van der Waals surface area contributed by atoms with Gasteiger partial charge in [0.05, 0.1) is 11.5 Å². The third-order valence-electron chi connectivity index (χ3n) is 1.73. The summed E-state index contributed by atoms with van der Waals surface area (Å²) in [5.74, 6) is 0.0968. The van der Waals surface area contributed by atoms with Crippen molar-refractivity contribution >= 4 is 23.1 Å². The van der Waals surface area contributed by atoms with Crippen LogP contribution in [0.5, 0.6) is 0 Å². The van der Waals surface area contributed by atoms with Gasteiger partial charge >= 0.3 is 0 Å². The normalized spacial score (nSPS) is 10.6. The summed E-state index contributed by atoms with van der Waals surface area (Å²) < 4.78 is 0. The molecule has 0 aliphatic rings. The lowest BCUT2D eigenvalue weighted by atomic mass is 10.1. The molecule has 76 valence electrons. The van der Waals surface area contributed by atoms with E-state index in [1.807, 2.05) is 27.7 Å². The molecule has 0 saturated heterocycles. The van der Waals surface area contributed by atoms with Crippen molar-refractivity contribution in [2.24, 2.45) is 11.7 Å². The number of nitrogens with zero attached hydrogens (tertiary/aromatic N) is 1. The Bertz CT molecular complexity index is 202. The quantitative estimate of drug-likeness (QED) is 0.696. The highest BCUT2D eigenvalue weighted by atomic mass is 32.1. The van der Waals surface area contributed by atoms with Gasteiger partial charge in [0.15, 0.2) is 0 Å². The van der Waals surface area contributed by atoms with Gasteiger partial charge in [0.25, 0.3) is 0 Å². The molecule has 0 aromatic heterocycles. The van der Waals surface area contributed by atoms with E-state index in [1.165, 1.54) is 0 Å². The molecule has 0 aromatic carbocycles. The molecule has 0 saturated carbocycles. The maximum absolute atomic E-state index is 11.6. The molecular weight excluding hydrogens is 184 g/mol. The Morgan fingerprint density at radius 2 is 1.85 bits per heavy atom. The molecule has 0 aromatic rings. The van der Waals surface area contributed by atoms with Gasteiger partial charge in [-0.1, -0.05) is 26.1 Å². The van der Waals surface area contributed by atoms with Gasteiger partial charge in [-0.25, -0.2) is 0 Å². The van der Waals surface area contributed by atoms with Crippen LogP contribution in [-0.2, 0) is 4.79 Å². The molecule has 0 heterocycles. The first-order chi connectivity index (χ1) is 5.86. The van der Waals surface area contributed by atoms with Gasteiger partial charge in [-0.15, -0.1) is 0 Å². The average Bonchev–Trinajstić information content (AvgIpc) is 1.97. The Morgan fingerprint density at radius 1 is 1.38 bits per heavy atom. The molecule has 0 bridgehead atoms. The maximum atomic E-state index is 11.6. The van der Waals surface area contributed by atoms with Crippen LogP contribution in [-0.4, -0.2) is 28.4 Å². The highest BCUT2D eigenvalue weighted by Gasteiger charge is 2.19. The van der Waals surface area contributed by atoms with E-state index in [-0.39, 0.29) is 17.9 Å². The molecule has 0 spiro atoms. The molecule has 1 amide bonds. The van der Waals surface area contributed by atoms with Crippen LogP contribution in [0.1, 0.15) is 27.7 Å². The lowest BCUT2D eigenvalue weighted by Crippen LogP contribution is -2.44. The largest absolute Gasteiger partial charge is 0.392 e. The van der Waals surface area contributed by atoms with Crippen LogP contribution < -0.4 is 5.73 Å². The molecule has 0 unspecified atom stereocenters. The summed E-state index contributed by atoms with van der Waals surface area (Å²) in [6.07, 6.45) is 0. The van der Waals surface area contributed by atoms with Crippen LogP contribution in [0, 0.1) is 5.92 Å². The highest BCUT2D eigenvalue weighted by molar-refractivity contribution is 7.80. The van der Waals surface area contributed by atoms with Crippen molar-refractivity contribution in [3.05, 3.63) is 0 Å². The van der Waals surface area contributed by atoms with Gasteiger partial charge in [-0.3, -0.25) is 4.79 Å². The van der Waals surface area contributed by atoms with E-state index in [9.17, 15) is 4.79 Å². The van der Waals surface area contributed by atoms with Crippen molar-refractivity contribution in [1.29, 1.82) is 0 Å². The van der Waals surface area contributed by atoms with Crippen LogP contribution >= 0.6 is 12.2 Å². The number of hydrogen-bond acceptors (Lipinski definition) is 2. The van der Waals surface area contributed by atoms with Crippen LogP contribution in [0.3, 0.4) is 0 Å². The zero-order valence-electron chi connectivity index (χ0n) is 8.70. The van der Waals surface area contributed by atoms with E-state index < -0.39 is 0 Å². The zero-order chi connectivity index (χ0) is 10.6. The topological polar surface area (TPSA) is 46.3 Å². The smallest absolute Gasteiger partial charge is 0.225 e. The number of carbonyl (C=O) groups excluding carboxylic acids is 1. The number of thiocarbonyl (C=S) groups is 1. The molecule has 0 fully saturated rings. The van der Waals surface area contributed by atoms with E-state index >= 15 is 0 Å². The molecule has 2 N–H and O–H groups in total. The molecule has 0 aliphatic heterocycles. The molecule has 3 nitrogen and oxygen atoms in total. The SMILES string of the molecule is CC(C)C(=O)N(CC(N)=S)C(C)C. The molecule has 0 aliphatic carbocycles. The van der Waals surface area contributed by atoms with E-state index in [0.29, 0.717) is 11.5 Å². The number of nitrogens with two attached hydrogens (primary N) is 1. The third kappa shape index (κ3) is 4.22. The van der Waals surface area contributed by atoms with Crippen LogP contribution in [0.2, 0.25) is 0 Å². The van der Waals surface area contributed by atoms with Crippen LogP contribution in [0.4, 0.5) is 0 Å². The van der Waals surface area contributed by atoms with E-state index in [0.717, 1.165) is 0 Å². The number of hydrogen-bond donors (Lipinski definition) is 1. The summed E-state index contributed by atoms with van der Waals surface area (Å²) in [5.41, 5.74) is 5.41. The second-order valence-electron chi connectivity index (χ2n) is 3.68. The summed E-state index contributed by atoms with van der Waals surface area (Å²) in [6.45, 7) is 8.04. The average molecular weight is 202 g/mol. The molecule has 13 heavy (non-hydrogen) atoms. The first-order valence-electron chi connectivity index (χ1n) is 4.45. The Balaban J connectivity index is 4.42. The fourth-order valence-electron chi connectivity index (χ4n) is 1.01. The second kappa shape index (κ2) is 5.17. The van der Waals surface area contributed by atoms with Gasteiger partial charge in [-0.05, 0) is 13.8 Å². The molecule has 0 rings (SSSR count). The van der Waals surface area contributed by atoms with Crippen molar-refractivity contribution in [3.8, 4) is 0 Å². The minimum Gasteiger partial charge on any atom is -0.392 e. The van der Waals surface area contributed by atoms with Gasteiger partial charge in [0.1, 0.15) is 0 Å². The number of amides is 1. The Morgan fingerprint density at radius 3 is 2.08 bits per heavy atom. The fourth-order valence-corrected chi connectivity index (χ4v) is 1.15. The van der Waals surface area contributed by atoms with Gasteiger partial charge in [-0.2, -0.15) is 0 Å². The number of carbonyl (C=O) groups is 1. The standard InChI is InChI=1S/C9H18N2OS/c1-6(2)9(12)11(7(3)4)5-8(10)13/h6-7H,5H2,1-4H3,(H2,10,13). The zero-order valence-corrected chi connectivity index (χ0v) is 9.52. The van der Waals surface area contributed by atoms with Crippen molar-refractivity contribution in [1.82, 2.24) is 4.90 Å². The van der Waals surface area contributed by atoms with Crippen molar-refractivity contribution in [2.45, 2.75) is 33.7 Å². The Labute approximate surface area is 85.3 Å². The highest BCUT2D eigenvalue weighted by Crippen LogP contribution is 2.05. The minimum atomic E-state index is -0.00301. The van der Waals surface area contributed by atoms with Crippen molar-refractivity contribution in [3.63, 3.8) is 0 Å². The maximum Gasteiger partial charge on any atom is 0.225 e. The Kier molecular flexibility index (Phi) is 4.91. The van der Waals surface area contributed by atoms with E-state index in [2.05, 4.69) is 0 Å². The second-order valence-corrected chi connectivity index (χ2v) is 4.21. The van der Waals surface area contributed by atoms with Crippen LogP contribution in [0.25, 0.3) is 0 Å². The lowest BCUT2D eigenvalue weighted by molar-refractivity contribution is -0.135. The molecule has 0 atom stereocenters. The summed E-state index contributed by atoms with van der Waals surface area (Å²) in [5, 5.41) is 0. The van der Waals surface area contributed by atoms with Crippen molar-refractivity contribution < 1.29 is 4.79 Å².